The van der Waals surface area contributed by atoms with E-state index in [-0.39, 0.29) is 5.54 Å². The number of hydrogen-bond acceptors (Lipinski definition) is 3. The molecule has 1 saturated carbocycles. The van der Waals surface area contributed by atoms with E-state index in [4.69, 9.17) is 5.73 Å². The second-order valence-corrected chi connectivity index (χ2v) is 7.55. The van der Waals surface area contributed by atoms with Crippen molar-refractivity contribution in [2.45, 2.75) is 57.5 Å². The lowest BCUT2D eigenvalue weighted by atomic mass is 9.74. The Hall–Kier alpha value is -0.380. The fourth-order valence-corrected chi connectivity index (χ4v) is 5.32. The monoisotopic (exact) mass is 278 g/mol. The zero-order valence-corrected chi connectivity index (χ0v) is 13.0. The molecular formula is C16H26N2S. The molecule has 1 fully saturated rings. The lowest BCUT2D eigenvalue weighted by molar-refractivity contribution is 0.00431. The van der Waals surface area contributed by atoms with Gasteiger partial charge in [-0.2, -0.15) is 0 Å². The predicted molar refractivity (Wildman–Crippen MR) is 82.6 cm³/mol. The average Bonchev–Trinajstić information content (AvgIpc) is 2.88. The van der Waals surface area contributed by atoms with Gasteiger partial charge in [-0.1, -0.05) is 19.8 Å². The van der Waals surface area contributed by atoms with Crippen LogP contribution in [0.4, 0.5) is 0 Å². The first-order chi connectivity index (χ1) is 9.16. The van der Waals surface area contributed by atoms with E-state index >= 15 is 0 Å². The first-order valence-electron chi connectivity index (χ1n) is 7.69. The normalized spacial score (nSPS) is 36.2. The molecule has 2 N–H and O–H groups in total. The van der Waals surface area contributed by atoms with E-state index in [1.807, 2.05) is 11.3 Å². The lowest BCUT2D eigenvalue weighted by Crippen LogP contribution is -2.58. The smallest absolute Gasteiger partial charge is 0.0340 e. The van der Waals surface area contributed by atoms with Gasteiger partial charge in [0, 0.05) is 29.5 Å². The Morgan fingerprint density at radius 1 is 1.47 bits per heavy atom. The number of nitrogens with two attached hydrogens (primary N) is 1. The number of thiophene rings is 1. The second kappa shape index (κ2) is 5.19. The van der Waals surface area contributed by atoms with Gasteiger partial charge in [0.1, 0.15) is 0 Å². The van der Waals surface area contributed by atoms with Crippen molar-refractivity contribution >= 4 is 11.3 Å². The van der Waals surface area contributed by atoms with Crippen LogP contribution in [0.25, 0.3) is 0 Å². The number of hydrogen-bond donors (Lipinski definition) is 1. The Kier molecular flexibility index (Phi) is 3.71. The molecule has 2 nitrogen and oxygen atoms in total. The summed E-state index contributed by atoms with van der Waals surface area (Å²) in [6.45, 7) is 6.79. The third-order valence-electron chi connectivity index (χ3n) is 5.33. The van der Waals surface area contributed by atoms with E-state index in [1.165, 1.54) is 38.6 Å². The molecule has 3 atom stereocenters. The van der Waals surface area contributed by atoms with Crippen LogP contribution in [0.5, 0.6) is 0 Å². The highest BCUT2D eigenvalue weighted by Crippen LogP contribution is 2.43. The summed E-state index contributed by atoms with van der Waals surface area (Å²) in [5.41, 5.74) is 8.07. The van der Waals surface area contributed by atoms with Crippen LogP contribution in [0, 0.1) is 5.92 Å². The summed E-state index contributed by atoms with van der Waals surface area (Å²) in [4.78, 5) is 4.33. The second-order valence-electron chi connectivity index (χ2n) is 6.55. The fourth-order valence-electron chi connectivity index (χ4n) is 4.35. The van der Waals surface area contributed by atoms with Crippen LogP contribution >= 0.6 is 11.3 Å². The first kappa shape index (κ1) is 13.6. The predicted octanol–water partition coefficient (Wildman–Crippen LogP) is 3.57. The maximum atomic E-state index is 6.25. The molecule has 19 heavy (non-hydrogen) atoms. The molecule has 0 radical (unpaired) electrons. The van der Waals surface area contributed by atoms with Crippen molar-refractivity contribution in [3.8, 4) is 0 Å². The van der Waals surface area contributed by atoms with Gasteiger partial charge in [-0.3, -0.25) is 4.90 Å². The van der Waals surface area contributed by atoms with Crippen molar-refractivity contribution in [3.05, 3.63) is 21.9 Å². The third kappa shape index (κ3) is 2.26. The van der Waals surface area contributed by atoms with E-state index in [0.29, 0.717) is 6.04 Å². The zero-order chi connectivity index (χ0) is 13.5. The lowest BCUT2D eigenvalue weighted by Gasteiger charge is -2.52. The summed E-state index contributed by atoms with van der Waals surface area (Å²) < 4.78 is 0. The molecule has 1 aliphatic heterocycles. The van der Waals surface area contributed by atoms with Crippen LogP contribution in [-0.4, -0.2) is 23.5 Å². The van der Waals surface area contributed by atoms with E-state index < -0.39 is 0 Å². The Bertz CT molecular complexity index is 442. The van der Waals surface area contributed by atoms with Crippen LogP contribution < -0.4 is 5.73 Å². The molecule has 1 aromatic rings. The topological polar surface area (TPSA) is 29.3 Å². The molecule has 0 bridgehead atoms. The van der Waals surface area contributed by atoms with Crippen molar-refractivity contribution in [2.24, 2.45) is 11.7 Å². The maximum absolute atomic E-state index is 6.25. The molecule has 0 aromatic carbocycles. The number of fused-ring (bicyclic) bond motifs is 1. The van der Waals surface area contributed by atoms with E-state index in [9.17, 15) is 0 Å². The van der Waals surface area contributed by atoms with E-state index in [0.717, 1.165) is 12.5 Å². The molecule has 1 aromatic heterocycles. The van der Waals surface area contributed by atoms with Crippen LogP contribution in [0.15, 0.2) is 11.4 Å². The molecular weight excluding hydrogens is 252 g/mol. The maximum Gasteiger partial charge on any atom is 0.0340 e. The van der Waals surface area contributed by atoms with E-state index in [1.54, 1.807) is 10.4 Å². The molecule has 0 spiro atoms. The quantitative estimate of drug-likeness (QED) is 0.896. The van der Waals surface area contributed by atoms with Gasteiger partial charge in [0.25, 0.3) is 0 Å². The number of rotatable bonds is 2. The van der Waals surface area contributed by atoms with Crippen molar-refractivity contribution in [1.29, 1.82) is 0 Å². The highest BCUT2D eigenvalue weighted by Gasteiger charge is 2.43. The molecule has 1 aliphatic carbocycles. The van der Waals surface area contributed by atoms with Gasteiger partial charge < -0.3 is 5.73 Å². The van der Waals surface area contributed by atoms with Gasteiger partial charge in [-0.25, -0.2) is 0 Å². The highest BCUT2D eigenvalue weighted by atomic mass is 32.1. The van der Waals surface area contributed by atoms with Crippen molar-refractivity contribution in [2.75, 3.05) is 13.1 Å². The zero-order valence-electron chi connectivity index (χ0n) is 12.2. The van der Waals surface area contributed by atoms with Crippen LogP contribution in [-0.2, 0) is 6.42 Å². The summed E-state index contributed by atoms with van der Waals surface area (Å²) in [5.74, 6) is 0.827. The van der Waals surface area contributed by atoms with Crippen LogP contribution in [0.1, 0.15) is 56.0 Å². The van der Waals surface area contributed by atoms with Crippen LogP contribution in [0.3, 0.4) is 0 Å². The Morgan fingerprint density at radius 3 is 3.05 bits per heavy atom. The molecule has 2 aliphatic rings. The van der Waals surface area contributed by atoms with Crippen molar-refractivity contribution in [3.63, 3.8) is 0 Å². The molecule has 0 saturated heterocycles. The van der Waals surface area contributed by atoms with Gasteiger partial charge in [0.2, 0.25) is 0 Å². The van der Waals surface area contributed by atoms with Gasteiger partial charge in [-0.05, 0) is 49.1 Å². The van der Waals surface area contributed by atoms with Gasteiger partial charge >= 0.3 is 0 Å². The Balaban J connectivity index is 1.88. The largest absolute Gasteiger partial charge is 0.329 e. The van der Waals surface area contributed by atoms with Crippen LogP contribution in [0.2, 0.25) is 0 Å². The summed E-state index contributed by atoms with van der Waals surface area (Å²) in [6, 6.07) is 2.87. The SMILES string of the molecule is CC1CCCC(CN)(N2CCc3sccc3C2C)C1. The average molecular weight is 278 g/mol. The molecule has 106 valence electrons. The van der Waals surface area contributed by atoms with Crippen molar-refractivity contribution in [1.82, 2.24) is 4.90 Å². The first-order valence-corrected chi connectivity index (χ1v) is 8.57. The number of nitrogens with zero attached hydrogens (tertiary/aromatic N) is 1. The van der Waals surface area contributed by atoms with Gasteiger partial charge in [-0.15, -0.1) is 11.3 Å². The minimum atomic E-state index is 0.261. The summed E-state index contributed by atoms with van der Waals surface area (Å²) >= 11 is 1.93. The molecule has 3 heteroatoms. The van der Waals surface area contributed by atoms with E-state index in [2.05, 4.69) is 30.2 Å². The van der Waals surface area contributed by atoms with Crippen molar-refractivity contribution < 1.29 is 0 Å². The summed E-state index contributed by atoms with van der Waals surface area (Å²) in [7, 11) is 0. The minimum absolute atomic E-state index is 0.261. The molecule has 3 rings (SSSR count). The fraction of sp³-hybridized carbons (Fsp3) is 0.750. The third-order valence-corrected chi connectivity index (χ3v) is 6.33. The molecule has 2 heterocycles. The highest BCUT2D eigenvalue weighted by molar-refractivity contribution is 7.10. The summed E-state index contributed by atoms with van der Waals surface area (Å²) in [6.07, 6.45) is 6.52. The van der Waals surface area contributed by atoms with Gasteiger partial charge in [0.05, 0.1) is 0 Å². The Morgan fingerprint density at radius 2 is 2.32 bits per heavy atom. The molecule has 3 unspecified atom stereocenters. The standard InChI is InChI=1S/C16H26N2S/c1-12-4-3-7-16(10-12,11-17)18-8-5-15-14(13(18)2)6-9-19-15/h6,9,12-13H,3-5,7-8,10-11,17H2,1-2H3. The molecule has 0 amide bonds. The Labute approximate surface area is 121 Å². The van der Waals surface area contributed by atoms with Gasteiger partial charge in [0.15, 0.2) is 0 Å². The summed E-state index contributed by atoms with van der Waals surface area (Å²) in [5, 5.41) is 2.25. The minimum Gasteiger partial charge on any atom is -0.329 e.